The Morgan fingerprint density at radius 1 is 0.450 bits per heavy atom. The predicted octanol–water partition coefficient (Wildman–Crippen LogP) is 4.63. The molecule has 0 aromatic heterocycles. The third-order valence-electron chi connectivity index (χ3n) is 6.41. The summed E-state index contributed by atoms with van der Waals surface area (Å²) >= 11 is 0. The summed E-state index contributed by atoms with van der Waals surface area (Å²) in [7, 11) is 0. The zero-order valence-electron chi connectivity index (χ0n) is 21.0. The highest BCUT2D eigenvalue weighted by atomic mass is 16.3. The van der Waals surface area contributed by atoms with Crippen molar-refractivity contribution in [3.05, 3.63) is 82.9 Å². The summed E-state index contributed by atoms with van der Waals surface area (Å²) in [6.07, 6.45) is 0.114. The van der Waals surface area contributed by atoms with Crippen molar-refractivity contribution in [2.75, 3.05) is 0 Å². The minimum absolute atomic E-state index is 0.110. The van der Waals surface area contributed by atoms with Gasteiger partial charge in [0.15, 0.2) is 11.6 Å². The Bertz CT molecular complexity index is 1460. The third-order valence-corrected chi connectivity index (χ3v) is 6.41. The fraction of sp³-hybridized carbons (Fsp3) is 0.133. The number of rotatable bonds is 9. The second kappa shape index (κ2) is 11.2. The van der Waals surface area contributed by atoms with Gasteiger partial charge in [-0.05, 0) is 48.2 Å². The number of Topliss-reactive ketones (excluding diaryl/α,β-unsaturated/α-hetero) is 2. The largest absolute Gasteiger partial charge is 0.508 e. The van der Waals surface area contributed by atoms with Crippen molar-refractivity contribution in [2.24, 2.45) is 0 Å². The van der Waals surface area contributed by atoms with Gasteiger partial charge in [-0.1, -0.05) is 12.1 Å². The van der Waals surface area contributed by atoms with Gasteiger partial charge in [-0.2, -0.15) is 0 Å². The van der Waals surface area contributed by atoms with Crippen LogP contribution in [0.5, 0.6) is 46.0 Å². The Morgan fingerprint density at radius 3 is 1.10 bits per heavy atom. The van der Waals surface area contributed by atoms with E-state index < -0.39 is 46.1 Å². The summed E-state index contributed by atoms with van der Waals surface area (Å²) in [6.45, 7) is 0. The first kappa shape index (κ1) is 27.6. The van der Waals surface area contributed by atoms with Crippen LogP contribution in [0, 0.1) is 0 Å². The molecule has 0 saturated carbocycles. The van der Waals surface area contributed by atoms with Crippen LogP contribution in [0.1, 0.15) is 44.7 Å². The van der Waals surface area contributed by atoms with Crippen molar-refractivity contribution >= 4 is 11.6 Å². The molecular weight excluding hydrogens is 520 g/mol. The normalized spacial score (nSPS) is 10.9. The quantitative estimate of drug-likeness (QED) is 0.137. The van der Waals surface area contributed by atoms with Crippen LogP contribution in [0.15, 0.2) is 60.7 Å². The van der Waals surface area contributed by atoms with Crippen molar-refractivity contribution in [1.82, 2.24) is 0 Å². The summed E-state index contributed by atoms with van der Waals surface area (Å²) in [5.41, 5.74) is 1.12. The minimum atomic E-state index is -0.565. The number of ketones is 2. The number of aryl methyl sites for hydroxylation is 2. The third kappa shape index (κ3) is 5.86. The Balaban J connectivity index is 1.52. The van der Waals surface area contributed by atoms with Gasteiger partial charge in [0.1, 0.15) is 57.1 Å². The molecule has 0 saturated heterocycles. The van der Waals surface area contributed by atoms with E-state index >= 15 is 0 Å². The van der Waals surface area contributed by atoms with Crippen LogP contribution in [-0.4, -0.2) is 52.4 Å². The average Bonchev–Trinajstić information content (AvgIpc) is 2.86. The average molecular weight is 547 g/mol. The predicted molar refractivity (Wildman–Crippen MR) is 143 cm³/mol. The highest BCUT2D eigenvalue weighted by Gasteiger charge is 2.20. The van der Waals surface area contributed by atoms with E-state index in [1.807, 2.05) is 0 Å². The van der Waals surface area contributed by atoms with Gasteiger partial charge in [-0.3, -0.25) is 9.59 Å². The molecule has 10 nitrogen and oxygen atoms in total. The summed E-state index contributed by atoms with van der Waals surface area (Å²) in [5.74, 6) is -4.41. The lowest BCUT2D eigenvalue weighted by Gasteiger charge is -2.12. The molecule has 0 heterocycles. The molecule has 4 aromatic rings. The SMILES string of the molecule is O=C(CCc1ccc(O)c(-c2cc(CCC(=O)c3c(O)cc(O)cc3O)ccc2O)c1)c1c(O)cc(O)cc1O. The van der Waals surface area contributed by atoms with Crippen molar-refractivity contribution in [3.8, 4) is 57.1 Å². The molecule has 4 aromatic carbocycles. The fourth-order valence-corrected chi connectivity index (χ4v) is 4.44. The van der Waals surface area contributed by atoms with E-state index in [1.54, 1.807) is 24.3 Å². The molecule has 0 aliphatic carbocycles. The molecule has 0 aliphatic rings. The molecule has 0 radical (unpaired) electrons. The van der Waals surface area contributed by atoms with Gasteiger partial charge in [0.2, 0.25) is 0 Å². The van der Waals surface area contributed by atoms with Crippen LogP contribution in [0.25, 0.3) is 11.1 Å². The van der Waals surface area contributed by atoms with Crippen LogP contribution in [0.3, 0.4) is 0 Å². The molecule has 40 heavy (non-hydrogen) atoms. The molecular formula is C30H26O10. The number of phenolic OH excluding ortho intramolecular Hbond substituents is 8. The molecule has 0 atom stereocenters. The first-order valence-corrected chi connectivity index (χ1v) is 12.1. The molecule has 8 N–H and O–H groups in total. The van der Waals surface area contributed by atoms with E-state index in [4.69, 9.17) is 0 Å². The monoisotopic (exact) mass is 546 g/mol. The molecule has 0 unspecified atom stereocenters. The number of phenols is 8. The Kier molecular flexibility index (Phi) is 7.71. The van der Waals surface area contributed by atoms with E-state index in [9.17, 15) is 50.4 Å². The van der Waals surface area contributed by atoms with E-state index in [0.29, 0.717) is 11.1 Å². The highest BCUT2D eigenvalue weighted by molar-refractivity contribution is 6.02. The molecule has 0 bridgehead atoms. The number of aromatic hydroxyl groups is 8. The maximum Gasteiger partial charge on any atom is 0.170 e. The summed E-state index contributed by atoms with van der Waals surface area (Å²) in [4.78, 5) is 25.2. The lowest BCUT2D eigenvalue weighted by atomic mass is 9.94. The zero-order chi connectivity index (χ0) is 29.1. The van der Waals surface area contributed by atoms with Gasteiger partial charge < -0.3 is 40.9 Å². The van der Waals surface area contributed by atoms with Crippen LogP contribution in [-0.2, 0) is 12.8 Å². The second-order valence-electron chi connectivity index (χ2n) is 9.27. The Morgan fingerprint density at radius 2 is 0.775 bits per heavy atom. The first-order valence-electron chi connectivity index (χ1n) is 12.1. The molecule has 0 amide bonds. The molecule has 0 fully saturated rings. The lowest BCUT2D eigenvalue weighted by Crippen LogP contribution is -2.03. The standard InChI is InChI=1S/C30H26O10/c31-17-11-25(37)29(26(38)12-17)23(35)7-3-15-1-5-21(33)19(9-15)20-10-16(2-6-22(20)34)4-8-24(36)30-27(39)13-18(32)14-28(30)40/h1-2,5-6,9-14,31-34,37-40H,3-4,7-8H2. The molecule has 0 spiro atoms. The smallest absolute Gasteiger partial charge is 0.170 e. The zero-order valence-corrected chi connectivity index (χ0v) is 21.0. The van der Waals surface area contributed by atoms with Gasteiger partial charge in [0, 0.05) is 48.2 Å². The van der Waals surface area contributed by atoms with Crippen LogP contribution >= 0.6 is 0 Å². The van der Waals surface area contributed by atoms with Crippen molar-refractivity contribution < 1.29 is 50.4 Å². The van der Waals surface area contributed by atoms with Gasteiger partial charge in [0.05, 0.1) is 0 Å². The highest BCUT2D eigenvalue weighted by Crippen LogP contribution is 2.38. The number of benzene rings is 4. The fourth-order valence-electron chi connectivity index (χ4n) is 4.44. The molecule has 4 rings (SSSR count). The number of carbonyl (C=O) groups is 2. The lowest BCUT2D eigenvalue weighted by molar-refractivity contribution is 0.0968. The summed E-state index contributed by atoms with van der Waals surface area (Å²) in [5, 5.41) is 79.7. The van der Waals surface area contributed by atoms with Crippen LogP contribution in [0.2, 0.25) is 0 Å². The number of hydrogen-bond acceptors (Lipinski definition) is 10. The van der Waals surface area contributed by atoms with Crippen molar-refractivity contribution in [3.63, 3.8) is 0 Å². The van der Waals surface area contributed by atoms with Gasteiger partial charge in [-0.15, -0.1) is 0 Å². The first-order chi connectivity index (χ1) is 18.9. The van der Waals surface area contributed by atoms with Crippen molar-refractivity contribution in [2.45, 2.75) is 25.7 Å². The van der Waals surface area contributed by atoms with Gasteiger partial charge >= 0.3 is 0 Å². The van der Waals surface area contributed by atoms with E-state index in [2.05, 4.69) is 0 Å². The van der Waals surface area contributed by atoms with Crippen molar-refractivity contribution in [1.29, 1.82) is 0 Å². The molecule has 206 valence electrons. The summed E-state index contributed by atoms with van der Waals surface area (Å²) < 4.78 is 0. The second-order valence-corrected chi connectivity index (χ2v) is 9.27. The van der Waals surface area contributed by atoms with E-state index in [1.165, 1.54) is 12.1 Å². The minimum Gasteiger partial charge on any atom is -0.508 e. The number of carbonyl (C=O) groups excluding carboxylic acids is 2. The Hall–Kier alpha value is -5.38. The van der Waals surface area contributed by atoms with Crippen LogP contribution in [0.4, 0.5) is 0 Å². The maximum absolute atomic E-state index is 12.6. The van der Waals surface area contributed by atoms with Gasteiger partial charge in [-0.25, -0.2) is 0 Å². The summed E-state index contributed by atoms with van der Waals surface area (Å²) in [6, 6.07) is 12.9. The molecule has 0 aliphatic heterocycles. The number of hydrogen-bond donors (Lipinski definition) is 8. The van der Waals surface area contributed by atoms with Crippen LogP contribution < -0.4 is 0 Å². The van der Waals surface area contributed by atoms with E-state index in [0.717, 1.165) is 24.3 Å². The van der Waals surface area contributed by atoms with E-state index in [-0.39, 0.29) is 59.4 Å². The van der Waals surface area contributed by atoms with Gasteiger partial charge in [0.25, 0.3) is 0 Å². The Labute approximate surface area is 227 Å². The maximum atomic E-state index is 12.6. The topological polar surface area (TPSA) is 196 Å². The molecule has 10 heteroatoms.